The number of hydrazine groups is 2. The van der Waals surface area contributed by atoms with Crippen LogP contribution in [0.5, 0.6) is 0 Å². The Morgan fingerprint density at radius 2 is 2.21 bits per heavy atom. The van der Waals surface area contributed by atoms with Crippen LogP contribution in [-0.2, 0) is 0 Å². The van der Waals surface area contributed by atoms with Crippen LogP contribution in [0.1, 0.15) is 32.1 Å². The molecule has 0 aromatic rings. The monoisotopic (exact) mass is 198 g/mol. The van der Waals surface area contributed by atoms with Gasteiger partial charge in [0.25, 0.3) is 0 Å². The Morgan fingerprint density at radius 1 is 1.43 bits per heavy atom. The van der Waals surface area contributed by atoms with Gasteiger partial charge in [-0.15, -0.1) is 10.3 Å². The van der Waals surface area contributed by atoms with Crippen molar-refractivity contribution in [1.29, 1.82) is 0 Å². The largest absolute Gasteiger partial charge is 0.242 e. The molecule has 0 saturated heterocycles. The molecule has 0 atom stereocenters. The van der Waals surface area contributed by atoms with Gasteiger partial charge in [0, 0.05) is 12.1 Å². The molecule has 1 aliphatic carbocycles. The zero-order chi connectivity index (χ0) is 9.80. The maximum absolute atomic E-state index is 12.8. The normalized spacial score (nSPS) is 23.2. The molecule has 14 heavy (non-hydrogen) atoms. The highest BCUT2D eigenvalue weighted by molar-refractivity contribution is 5.71. The summed E-state index contributed by atoms with van der Waals surface area (Å²) in [6, 6.07) is 0.416. The third-order valence-electron chi connectivity index (χ3n) is 2.53. The summed E-state index contributed by atoms with van der Waals surface area (Å²) in [5.74, 6) is -0.386. The van der Waals surface area contributed by atoms with Gasteiger partial charge in [-0.25, -0.2) is 5.43 Å². The summed E-state index contributed by atoms with van der Waals surface area (Å²) in [7, 11) is 0. The molecule has 1 heterocycles. The van der Waals surface area contributed by atoms with Crippen LogP contribution in [0.25, 0.3) is 0 Å². The van der Waals surface area contributed by atoms with Crippen molar-refractivity contribution in [2.45, 2.75) is 38.1 Å². The average Bonchev–Trinajstić information content (AvgIpc) is 2.19. The average molecular weight is 198 g/mol. The zero-order valence-electron chi connectivity index (χ0n) is 8.04. The Hall–Kier alpha value is -1.10. The van der Waals surface area contributed by atoms with E-state index < -0.39 is 0 Å². The van der Waals surface area contributed by atoms with Crippen LogP contribution in [0.4, 0.5) is 4.39 Å². The third-order valence-corrected chi connectivity index (χ3v) is 2.53. The number of allylic oxidation sites excluding steroid dienone is 1. The summed E-state index contributed by atoms with van der Waals surface area (Å²) in [5, 5.41) is 5.30. The quantitative estimate of drug-likeness (QED) is 0.659. The van der Waals surface area contributed by atoms with Gasteiger partial charge in [0.1, 0.15) is 0 Å². The van der Waals surface area contributed by atoms with Gasteiger partial charge in [0.2, 0.25) is 5.95 Å². The van der Waals surface area contributed by atoms with Gasteiger partial charge in [0.05, 0.1) is 6.21 Å². The molecule has 78 valence electrons. The van der Waals surface area contributed by atoms with E-state index in [0.717, 1.165) is 12.8 Å². The maximum atomic E-state index is 12.8. The molecule has 0 spiro atoms. The van der Waals surface area contributed by atoms with Crippen molar-refractivity contribution in [3.8, 4) is 0 Å². The number of hydrazone groups is 1. The molecule has 0 bridgehead atoms. The van der Waals surface area contributed by atoms with Gasteiger partial charge in [-0.1, -0.05) is 19.3 Å². The SMILES string of the molecule is FC1=CC=NN(NC2CCCCC2)N1. The maximum Gasteiger partial charge on any atom is 0.209 e. The predicted molar refractivity (Wildman–Crippen MR) is 52.7 cm³/mol. The zero-order valence-corrected chi connectivity index (χ0v) is 8.04. The highest BCUT2D eigenvalue weighted by Crippen LogP contribution is 2.17. The topological polar surface area (TPSA) is 39.7 Å². The van der Waals surface area contributed by atoms with E-state index in [1.165, 1.54) is 36.8 Å². The molecule has 2 rings (SSSR count). The Labute approximate surface area is 82.8 Å². The molecule has 5 heteroatoms. The van der Waals surface area contributed by atoms with Crippen LogP contribution in [0.2, 0.25) is 0 Å². The first-order chi connectivity index (χ1) is 6.84. The van der Waals surface area contributed by atoms with Crippen LogP contribution in [-0.4, -0.2) is 17.5 Å². The van der Waals surface area contributed by atoms with Crippen LogP contribution < -0.4 is 10.9 Å². The van der Waals surface area contributed by atoms with Crippen molar-refractivity contribution in [3.05, 3.63) is 12.0 Å². The van der Waals surface area contributed by atoms with E-state index in [1.807, 2.05) is 0 Å². The van der Waals surface area contributed by atoms with Crippen LogP contribution >= 0.6 is 0 Å². The Bertz CT molecular complexity index is 245. The lowest BCUT2D eigenvalue weighted by molar-refractivity contribution is 0.0848. The van der Waals surface area contributed by atoms with Crippen LogP contribution in [0, 0.1) is 0 Å². The number of hydrogen-bond acceptors (Lipinski definition) is 4. The second-order valence-electron chi connectivity index (χ2n) is 3.67. The summed E-state index contributed by atoms with van der Waals surface area (Å²) in [5.41, 5.74) is 5.61. The Morgan fingerprint density at radius 3 is 2.93 bits per heavy atom. The molecule has 1 saturated carbocycles. The van der Waals surface area contributed by atoms with Crippen molar-refractivity contribution >= 4 is 6.21 Å². The van der Waals surface area contributed by atoms with Crippen molar-refractivity contribution in [2.24, 2.45) is 5.10 Å². The highest BCUT2D eigenvalue weighted by Gasteiger charge is 2.16. The number of nitrogens with one attached hydrogen (secondary N) is 2. The van der Waals surface area contributed by atoms with E-state index in [2.05, 4.69) is 16.0 Å². The number of hydrogen-bond donors (Lipinski definition) is 2. The number of rotatable bonds is 2. The van der Waals surface area contributed by atoms with Gasteiger partial charge in [-0.3, -0.25) is 0 Å². The summed E-state index contributed by atoms with van der Waals surface area (Å²) in [6.45, 7) is 0. The first kappa shape index (κ1) is 9.45. The fourth-order valence-electron chi connectivity index (χ4n) is 1.80. The Balaban J connectivity index is 1.80. The molecule has 0 unspecified atom stereocenters. The van der Waals surface area contributed by atoms with Crippen LogP contribution in [0.15, 0.2) is 17.1 Å². The molecule has 1 fully saturated rings. The summed E-state index contributed by atoms with van der Waals surface area (Å²) in [4.78, 5) is 0. The lowest BCUT2D eigenvalue weighted by Gasteiger charge is -2.29. The fourth-order valence-corrected chi connectivity index (χ4v) is 1.80. The molecule has 0 amide bonds. The number of halogens is 1. The van der Waals surface area contributed by atoms with Gasteiger partial charge in [-0.2, -0.15) is 9.82 Å². The minimum Gasteiger partial charge on any atom is -0.242 e. The second kappa shape index (κ2) is 4.41. The molecule has 4 nitrogen and oxygen atoms in total. The summed E-state index contributed by atoms with van der Waals surface area (Å²) in [6.07, 6.45) is 8.79. The second-order valence-corrected chi connectivity index (χ2v) is 3.67. The van der Waals surface area contributed by atoms with E-state index in [1.54, 1.807) is 0 Å². The van der Waals surface area contributed by atoms with Gasteiger partial charge >= 0.3 is 0 Å². The first-order valence-electron chi connectivity index (χ1n) is 5.07. The standard InChI is InChI=1S/C9H15FN4/c10-9-6-7-11-14(13-9)12-8-4-2-1-3-5-8/h6-8,12-13H,1-5H2. The lowest BCUT2D eigenvalue weighted by Crippen LogP contribution is -2.49. The van der Waals surface area contributed by atoms with Crippen molar-refractivity contribution in [1.82, 2.24) is 16.1 Å². The third kappa shape index (κ3) is 2.45. The van der Waals surface area contributed by atoms with E-state index in [-0.39, 0.29) is 5.95 Å². The van der Waals surface area contributed by atoms with Gasteiger partial charge in [-0.05, 0) is 12.8 Å². The van der Waals surface area contributed by atoms with Crippen LogP contribution in [0.3, 0.4) is 0 Å². The minimum atomic E-state index is -0.386. The Kier molecular flexibility index (Phi) is 2.98. The summed E-state index contributed by atoms with van der Waals surface area (Å²) >= 11 is 0. The molecule has 1 aliphatic heterocycles. The molecule has 0 aromatic carbocycles. The summed E-state index contributed by atoms with van der Waals surface area (Å²) < 4.78 is 12.8. The predicted octanol–water partition coefficient (Wildman–Crippen LogP) is 1.44. The molecule has 0 aromatic heterocycles. The molecule has 0 radical (unpaired) electrons. The van der Waals surface area contributed by atoms with Gasteiger partial charge < -0.3 is 0 Å². The van der Waals surface area contributed by atoms with Crippen molar-refractivity contribution in [3.63, 3.8) is 0 Å². The molecule has 2 aliphatic rings. The van der Waals surface area contributed by atoms with Gasteiger partial charge in [0.15, 0.2) is 0 Å². The number of nitrogens with zero attached hydrogens (tertiary/aromatic N) is 2. The minimum absolute atomic E-state index is 0.386. The smallest absolute Gasteiger partial charge is 0.209 e. The lowest BCUT2D eigenvalue weighted by atomic mass is 9.96. The van der Waals surface area contributed by atoms with Crippen molar-refractivity contribution in [2.75, 3.05) is 0 Å². The molecular formula is C9H15FN4. The fraction of sp³-hybridized carbons (Fsp3) is 0.667. The van der Waals surface area contributed by atoms with E-state index in [9.17, 15) is 4.39 Å². The first-order valence-corrected chi connectivity index (χ1v) is 5.07. The van der Waals surface area contributed by atoms with E-state index in [0.29, 0.717) is 6.04 Å². The highest BCUT2D eigenvalue weighted by atomic mass is 19.1. The van der Waals surface area contributed by atoms with Crippen molar-refractivity contribution < 1.29 is 4.39 Å². The molecule has 2 N–H and O–H groups in total. The van der Waals surface area contributed by atoms with E-state index in [4.69, 9.17) is 0 Å². The van der Waals surface area contributed by atoms with E-state index >= 15 is 0 Å². The molecular weight excluding hydrogens is 183 g/mol.